The second kappa shape index (κ2) is 8.36. The Hall–Kier alpha value is -2.33. The van der Waals surface area contributed by atoms with E-state index in [1.165, 1.54) is 12.1 Å². The molecule has 0 saturated carbocycles. The molecule has 4 nitrogen and oxygen atoms in total. The molecule has 1 saturated heterocycles. The van der Waals surface area contributed by atoms with Crippen LogP contribution in [0.4, 0.5) is 0 Å². The molecule has 0 amide bonds. The lowest BCUT2D eigenvalue weighted by molar-refractivity contribution is 0.0895. The van der Waals surface area contributed by atoms with Crippen LogP contribution in [0.1, 0.15) is 59.8 Å². The van der Waals surface area contributed by atoms with Crippen molar-refractivity contribution in [2.45, 2.75) is 32.1 Å². The van der Waals surface area contributed by atoms with E-state index in [2.05, 4.69) is 0 Å². The molecule has 1 aliphatic heterocycles. The Bertz CT molecular complexity index is 1400. The molecule has 1 unspecified atom stereocenters. The SMILES string of the molecule is [2H]c1c2c(c([2H])c(OC)c1OC)C(=O)C([2H])(C([2H])([2H])C1([2H])C([2H])([2H])C([2H])([2H])N(Cc3ccccc3)C([2H])([2H])C1([2H])[2H])C2. The van der Waals surface area contributed by atoms with E-state index in [-0.39, 0.29) is 27.5 Å². The molecule has 28 heavy (non-hydrogen) atoms. The van der Waals surface area contributed by atoms with Crippen LogP contribution in [0.3, 0.4) is 0 Å². The van der Waals surface area contributed by atoms with E-state index in [1.54, 1.807) is 18.2 Å². The van der Waals surface area contributed by atoms with Gasteiger partial charge in [0.1, 0.15) is 0 Å². The van der Waals surface area contributed by atoms with Gasteiger partial charge in [0.2, 0.25) is 0 Å². The Kier molecular flexibility index (Phi) is 2.56. The van der Waals surface area contributed by atoms with Gasteiger partial charge in [-0.1, -0.05) is 30.3 Å². The summed E-state index contributed by atoms with van der Waals surface area (Å²) in [5.74, 6) is -9.51. The summed E-state index contributed by atoms with van der Waals surface area (Å²) in [7, 11) is 2.28. The first-order valence-corrected chi connectivity index (χ1v) is 8.66. The second-order valence-electron chi connectivity index (χ2n) is 6.20. The van der Waals surface area contributed by atoms with Gasteiger partial charge >= 0.3 is 0 Å². The molecule has 0 aromatic heterocycles. The number of methoxy groups -OCH3 is 2. The first-order valence-electron chi connectivity index (χ1n) is 15.7. The van der Waals surface area contributed by atoms with Gasteiger partial charge in [-0.05, 0) is 67.6 Å². The molecule has 4 rings (SSSR count). The van der Waals surface area contributed by atoms with Crippen LogP contribution in [0.25, 0.3) is 0 Å². The largest absolute Gasteiger partial charge is 0.493 e. The fourth-order valence-electron chi connectivity index (χ4n) is 2.99. The molecule has 148 valence electrons. The molecule has 1 fully saturated rings. The van der Waals surface area contributed by atoms with Crippen LogP contribution < -0.4 is 9.47 Å². The number of ether oxygens (including phenoxy) is 2. The fourth-order valence-corrected chi connectivity index (χ4v) is 2.99. The van der Waals surface area contributed by atoms with E-state index in [4.69, 9.17) is 28.7 Å². The number of carbonyl (C=O) groups is 1. The average Bonchev–Trinajstić information content (AvgIpc) is 3.20. The number of benzene rings is 2. The molecule has 0 bridgehead atoms. The molecule has 2 aromatic carbocycles. The van der Waals surface area contributed by atoms with Gasteiger partial charge in [0.15, 0.2) is 17.3 Å². The average molecular weight is 394 g/mol. The maximum Gasteiger partial charge on any atom is 0.166 e. The first-order chi connectivity index (χ1) is 19.1. The van der Waals surface area contributed by atoms with Crippen LogP contribution in [0.2, 0.25) is 0 Å². The molecule has 1 atom stereocenters. The third-order valence-corrected chi connectivity index (χ3v) is 4.37. The molecule has 1 heterocycles. The van der Waals surface area contributed by atoms with Gasteiger partial charge < -0.3 is 9.47 Å². The molecular formula is C24H29NO3. The number of nitrogens with zero attached hydrogens (tertiary/aromatic N) is 1. The summed E-state index contributed by atoms with van der Waals surface area (Å²) >= 11 is 0. The monoisotopic (exact) mass is 393 g/mol. The summed E-state index contributed by atoms with van der Waals surface area (Å²) in [4.78, 5) is 14.0. The van der Waals surface area contributed by atoms with Gasteiger partial charge in [0.05, 0.1) is 17.0 Å². The van der Waals surface area contributed by atoms with Crippen LogP contribution in [0, 0.1) is 11.8 Å². The van der Waals surface area contributed by atoms with Gasteiger partial charge in [-0.25, -0.2) is 0 Å². The highest BCUT2D eigenvalue weighted by atomic mass is 16.5. The summed E-state index contributed by atoms with van der Waals surface area (Å²) in [6.07, 6.45) is -12.8. The molecule has 2 aromatic rings. The maximum absolute atomic E-state index is 13.8. The Labute approximate surface area is 187 Å². The zero-order valence-electron chi connectivity index (χ0n) is 29.5. The first kappa shape index (κ1) is 8.58. The van der Waals surface area contributed by atoms with Gasteiger partial charge in [0.25, 0.3) is 0 Å². The molecule has 0 N–H and O–H groups in total. The quantitative estimate of drug-likeness (QED) is 0.731. The van der Waals surface area contributed by atoms with Crippen LogP contribution in [0.5, 0.6) is 11.5 Å². The Morgan fingerprint density at radius 3 is 2.54 bits per heavy atom. The number of fused-ring (bicyclic) bond motifs is 1. The van der Waals surface area contributed by atoms with Crippen molar-refractivity contribution in [1.82, 2.24) is 4.90 Å². The Morgan fingerprint density at radius 1 is 1.18 bits per heavy atom. The Morgan fingerprint density at radius 2 is 1.86 bits per heavy atom. The van der Waals surface area contributed by atoms with E-state index in [0.29, 0.717) is 0 Å². The van der Waals surface area contributed by atoms with E-state index >= 15 is 0 Å². The van der Waals surface area contributed by atoms with Crippen LogP contribution in [-0.2, 0) is 13.0 Å². The minimum absolute atomic E-state index is 0.250. The normalized spacial score (nSPS) is 39.0. The number of hydrogen-bond donors (Lipinski definition) is 0. The van der Waals surface area contributed by atoms with Crippen LogP contribution in [-0.4, -0.2) is 37.9 Å². The van der Waals surface area contributed by atoms with Gasteiger partial charge in [-0.2, -0.15) is 0 Å². The molecule has 2 aliphatic rings. The predicted molar refractivity (Wildman–Crippen MR) is 110 cm³/mol. The topological polar surface area (TPSA) is 38.8 Å². The number of likely N-dealkylation sites (tertiary alicyclic amines) is 1. The van der Waals surface area contributed by atoms with E-state index in [9.17, 15) is 4.79 Å². The van der Waals surface area contributed by atoms with Gasteiger partial charge in [-0.3, -0.25) is 9.69 Å². The third kappa shape index (κ3) is 3.93. The van der Waals surface area contributed by atoms with Crippen molar-refractivity contribution in [2.24, 2.45) is 11.8 Å². The summed E-state index contributed by atoms with van der Waals surface area (Å²) in [6.45, 7) is -7.75. The summed E-state index contributed by atoms with van der Waals surface area (Å²) in [5, 5.41) is 0. The van der Waals surface area contributed by atoms with Crippen molar-refractivity contribution >= 4 is 5.78 Å². The standard InChI is InChI=1S/C24H29NO3/c1-27-22-14-19-13-20(24(26)21(19)15-23(22)28-2)12-17-8-10-25(11-9-17)16-18-6-4-3-5-7-18/h3-7,14-15,17,20H,8-13,16H2,1-2H3/i8D2,9D2,10D2,11D2,12D2,14D,15D,17D,20D. The lowest BCUT2D eigenvalue weighted by atomic mass is 9.85. The lowest BCUT2D eigenvalue weighted by Gasteiger charge is -2.32. The summed E-state index contributed by atoms with van der Waals surface area (Å²) in [6, 6.07) is 6.50. The highest BCUT2D eigenvalue weighted by molar-refractivity contribution is 6.02. The Balaban J connectivity index is 1.95. The van der Waals surface area contributed by atoms with Crippen molar-refractivity contribution in [3.05, 3.63) is 59.1 Å². The predicted octanol–water partition coefficient (Wildman–Crippen LogP) is 4.36. The third-order valence-electron chi connectivity index (χ3n) is 4.37. The maximum atomic E-state index is 13.8. The van der Waals surface area contributed by atoms with Crippen molar-refractivity contribution in [1.29, 1.82) is 0 Å². The summed E-state index contributed by atoms with van der Waals surface area (Å²) in [5.41, 5.74) is -0.697. The van der Waals surface area contributed by atoms with E-state index in [0.717, 1.165) is 14.2 Å². The van der Waals surface area contributed by atoms with Crippen LogP contribution >= 0.6 is 0 Å². The van der Waals surface area contributed by atoms with Crippen molar-refractivity contribution < 1.29 is 33.5 Å². The number of rotatable bonds is 6. The number of piperidine rings is 1. The highest BCUT2D eigenvalue weighted by Crippen LogP contribution is 2.39. The fraction of sp³-hybridized carbons (Fsp3) is 0.458. The number of hydrogen-bond acceptors (Lipinski definition) is 4. The van der Waals surface area contributed by atoms with Crippen LogP contribution in [0.15, 0.2) is 42.4 Å². The van der Waals surface area contributed by atoms with Gasteiger partial charge in [0, 0.05) is 34.5 Å². The number of Topliss-reactive ketones (excluding diaryl/α,β-unsaturated/α-hetero) is 1. The number of ketones is 1. The van der Waals surface area contributed by atoms with Gasteiger partial charge in [-0.15, -0.1) is 0 Å². The summed E-state index contributed by atoms with van der Waals surface area (Å²) < 4.78 is 133. The number of carbonyl (C=O) groups excluding carboxylic acids is 1. The van der Waals surface area contributed by atoms with Crippen molar-refractivity contribution in [2.75, 3.05) is 27.2 Å². The molecule has 1 aliphatic carbocycles. The minimum Gasteiger partial charge on any atom is -0.493 e. The molecule has 4 heteroatoms. The zero-order chi connectivity index (χ0) is 32.1. The van der Waals surface area contributed by atoms with Crippen molar-refractivity contribution in [3.8, 4) is 11.5 Å². The molecule has 0 radical (unpaired) electrons. The molecule has 0 spiro atoms. The lowest BCUT2D eigenvalue weighted by Crippen LogP contribution is -2.34. The molecular weight excluding hydrogens is 350 g/mol. The smallest absolute Gasteiger partial charge is 0.166 e. The zero-order valence-corrected chi connectivity index (χ0v) is 15.5. The van der Waals surface area contributed by atoms with E-state index < -0.39 is 80.3 Å². The highest BCUT2D eigenvalue weighted by Gasteiger charge is 2.34. The second-order valence-corrected chi connectivity index (χ2v) is 6.20. The van der Waals surface area contributed by atoms with Crippen molar-refractivity contribution in [3.63, 3.8) is 0 Å². The minimum atomic E-state index is -4.08. The van der Waals surface area contributed by atoms with E-state index in [1.807, 2.05) is 0 Å².